The number of nitrogens with zero attached hydrogens (tertiary/aromatic N) is 4. The molecule has 1 unspecified atom stereocenters. The summed E-state index contributed by atoms with van der Waals surface area (Å²) in [6.07, 6.45) is 0.133. The third-order valence-corrected chi connectivity index (χ3v) is 9.38. The Morgan fingerprint density at radius 3 is 2.57 bits per heavy atom. The standard InChI is InChI=1S/C28H37N6O7P/c1-4-18(5-2)14-39-28(37)17(3)33-42(38,41-19-9-7-6-8-10-19)40-15-21-24(20(13-29)25(35)26(21)36)22-11-12-23-27(30)31-16-32-34(22)23/h6-12,16-18,20-21,24-26,35-36H,4-5,14-15H2,1-3H3,(H,33,38)(H2,30,31,32)/t17-,20-,21-,24?,25-,26+,42-/m0/s1. The first-order valence-electron chi connectivity index (χ1n) is 13.9. The van der Waals surface area contributed by atoms with E-state index in [0.29, 0.717) is 11.2 Å². The van der Waals surface area contributed by atoms with Crippen LogP contribution in [0.2, 0.25) is 0 Å². The van der Waals surface area contributed by atoms with Crippen LogP contribution in [0.5, 0.6) is 5.75 Å². The molecular weight excluding hydrogens is 563 g/mol. The van der Waals surface area contributed by atoms with Gasteiger partial charge in [0.15, 0.2) is 5.82 Å². The van der Waals surface area contributed by atoms with Crippen LogP contribution >= 0.6 is 7.75 Å². The second-order valence-electron chi connectivity index (χ2n) is 10.4. The number of aliphatic hydroxyl groups excluding tert-OH is 2. The Labute approximate surface area is 244 Å². The van der Waals surface area contributed by atoms with Crippen LogP contribution in [0.1, 0.15) is 45.2 Å². The summed E-state index contributed by atoms with van der Waals surface area (Å²) in [5.41, 5.74) is 6.95. The molecular formula is C28H37N6O7P. The lowest BCUT2D eigenvalue weighted by Gasteiger charge is -2.27. The Morgan fingerprint density at radius 2 is 1.90 bits per heavy atom. The number of benzene rings is 1. The predicted octanol–water partition coefficient (Wildman–Crippen LogP) is 3.05. The number of ether oxygens (including phenoxy) is 1. The average molecular weight is 601 g/mol. The molecule has 1 aliphatic rings. The number of para-hydroxylation sites is 1. The molecule has 13 nitrogen and oxygen atoms in total. The van der Waals surface area contributed by atoms with Gasteiger partial charge in [-0.3, -0.25) is 9.32 Å². The van der Waals surface area contributed by atoms with Crippen LogP contribution < -0.4 is 15.3 Å². The number of nitrogens with two attached hydrogens (primary N) is 1. The SMILES string of the molecule is CCC(CC)COC(=O)[C@H](C)N[P@](=O)(OC[C@H]1C(c2ccc3c(N)ncnn23)[C@H](C#N)[C@H](O)[C@@H]1O)Oc1ccccc1. The van der Waals surface area contributed by atoms with Gasteiger partial charge in [0.1, 0.15) is 23.6 Å². The maximum atomic E-state index is 14.1. The van der Waals surface area contributed by atoms with Crippen LogP contribution in [0.4, 0.5) is 5.82 Å². The van der Waals surface area contributed by atoms with Crippen LogP contribution in [0.25, 0.3) is 5.52 Å². The molecule has 5 N–H and O–H groups in total. The van der Waals surface area contributed by atoms with Crippen molar-refractivity contribution in [3.05, 3.63) is 54.5 Å². The maximum Gasteiger partial charge on any atom is 0.459 e. The lowest BCUT2D eigenvalue weighted by molar-refractivity contribution is -0.146. The molecule has 1 fully saturated rings. The lowest BCUT2D eigenvalue weighted by Crippen LogP contribution is -2.37. The van der Waals surface area contributed by atoms with E-state index in [4.69, 9.17) is 19.5 Å². The minimum absolute atomic E-state index is 0.204. The highest BCUT2D eigenvalue weighted by Gasteiger charge is 2.52. The van der Waals surface area contributed by atoms with Gasteiger partial charge in [0, 0.05) is 17.5 Å². The molecule has 4 rings (SSSR count). The van der Waals surface area contributed by atoms with Crippen molar-refractivity contribution in [2.45, 2.75) is 57.8 Å². The van der Waals surface area contributed by atoms with Crippen LogP contribution in [0.15, 0.2) is 48.8 Å². The van der Waals surface area contributed by atoms with E-state index in [9.17, 15) is 24.8 Å². The highest BCUT2D eigenvalue weighted by molar-refractivity contribution is 7.52. The summed E-state index contributed by atoms with van der Waals surface area (Å²) in [7, 11) is -4.28. The van der Waals surface area contributed by atoms with E-state index in [1.807, 2.05) is 13.8 Å². The zero-order valence-corrected chi connectivity index (χ0v) is 24.6. The monoisotopic (exact) mass is 600 g/mol. The molecule has 2 heterocycles. The van der Waals surface area contributed by atoms with E-state index in [1.165, 1.54) is 17.8 Å². The fraction of sp³-hybridized carbons (Fsp3) is 0.500. The molecule has 1 aromatic carbocycles. The van der Waals surface area contributed by atoms with Gasteiger partial charge in [-0.15, -0.1) is 0 Å². The molecule has 0 spiro atoms. The van der Waals surface area contributed by atoms with Gasteiger partial charge in [-0.05, 0) is 37.1 Å². The highest BCUT2D eigenvalue weighted by Crippen LogP contribution is 2.50. The second-order valence-corrected chi connectivity index (χ2v) is 12.1. The van der Waals surface area contributed by atoms with Crippen molar-refractivity contribution in [2.24, 2.45) is 17.8 Å². The topological polar surface area (TPSA) is 194 Å². The summed E-state index contributed by atoms with van der Waals surface area (Å²) in [6.45, 7) is 5.33. The van der Waals surface area contributed by atoms with E-state index in [-0.39, 0.29) is 24.1 Å². The minimum Gasteiger partial charge on any atom is -0.464 e. The Bertz CT molecular complexity index is 1440. The van der Waals surface area contributed by atoms with Crippen molar-refractivity contribution in [1.29, 1.82) is 5.26 Å². The third kappa shape index (κ3) is 6.75. The Balaban J connectivity index is 1.59. The van der Waals surface area contributed by atoms with Gasteiger partial charge in [-0.2, -0.15) is 15.4 Å². The number of fused-ring (bicyclic) bond motifs is 1. The first-order valence-corrected chi connectivity index (χ1v) is 15.4. The first kappa shape index (κ1) is 31.4. The number of aliphatic hydroxyl groups is 2. The van der Waals surface area contributed by atoms with Crippen molar-refractivity contribution in [3.8, 4) is 11.8 Å². The molecule has 0 aliphatic heterocycles. The summed E-state index contributed by atoms with van der Waals surface area (Å²) in [5, 5.41) is 38.6. The van der Waals surface area contributed by atoms with E-state index >= 15 is 0 Å². The lowest BCUT2D eigenvalue weighted by atomic mass is 9.87. The normalized spacial score (nSPS) is 24.3. The number of carbonyl (C=O) groups is 1. The molecule has 1 aliphatic carbocycles. The second kappa shape index (κ2) is 13.6. The summed E-state index contributed by atoms with van der Waals surface area (Å²) < 4.78 is 32.6. The number of nitrogens with one attached hydrogen (secondary N) is 1. The smallest absolute Gasteiger partial charge is 0.459 e. The number of carbonyl (C=O) groups excluding carboxylic acids is 1. The van der Waals surface area contributed by atoms with Crippen LogP contribution in [0.3, 0.4) is 0 Å². The van der Waals surface area contributed by atoms with Crippen molar-refractivity contribution >= 4 is 25.1 Å². The Hall–Kier alpha value is -3.53. The van der Waals surface area contributed by atoms with Gasteiger partial charge in [0.05, 0.1) is 37.4 Å². The van der Waals surface area contributed by atoms with Gasteiger partial charge in [0.2, 0.25) is 0 Å². The Morgan fingerprint density at radius 1 is 1.19 bits per heavy atom. The number of esters is 1. The van der Waals surface area contributed by atoms with Crippen LogP contribution in [-0.4, -0.2) is 62.2 Å². The number of nitriles is 1. The van der Waals surface area contributed by atoms with Crippen molar-refractivity contribution in [2.75, 3.05) is 18.9 Å². The zero-order chi connectivity index (χ0) is 30.4. The number of anilines is 1. The Kier molecular flexibility index (Phi) is 10.2. The largest absolute Gasteiger partial charge is 0.464 e. The van der Waals surface area contributed by atoms with Gasteiger partial charge in [-0.1, -0.05) is 44.9 Å². The molecule has 14 heteroatoms. The summed E-state index contributed by atoms with van der Waals surface area (Å²) >= 11 is 0. The summed E-state index contributed by atoms with van der Waals surface area (Å²) in [5.74, 6) is -2.73. The molecule has 3 aromatic rings. The molecule has 1 saturated carbocycles. The number of hydrogen-bond donors (Lipinski definition) is 4. The van der Waals surface area contributed by atoms with Gasteiger partial charge in [0.25, 0.3) is 0 Å². The first-order chi connectivity index (χ1) is 20.1. The minimum atomic E-state index is -4.28. The number of aromatic nitrogens is 3. The van der Waals surface area contributed by atoms with E-state index in [1.54, 1.807) is 42.5 Å². The highest BCUT2D eigenvalue weighted by atomic mass is 31.2. The molecule has 0 amide bonds. The van der Waals surface area contributed by atoms with Gasteiger partial charge >= 0.3 is 13.7 Å². The zero-order valence-electron chi connectivity index (χ0n) is 23.7. The van der Waals surface area contributed by atoms with Crippen LogP contribution in [-0.2, 0) is 18.6 Å². The van der Waals surface area contributed by atoms with Gasteiger partial charge in [-0.25, -0.2) is 14.1 Å². The average Bonchev–Trinajstić information content (AvgIpc) is 3.51. The maximum absolute atomic E-state index is 14.1. The number of rotatable bonds is 13. The number of hydrogen-bond acceptors (Lipinski definition) is 11. The van der Waals surface area contributed by atoms with Gasteiger partial charge < -0.3 is 25.2 Å². The predicted molar refractivity (Wildman–Crippen MR) is 153 cm³/mol. The summed E-state index contributed by atoms with van der Waals surface area (Å²) in [4.78, 5) is 16.7. The van der Waals surface area contributed by atoms with Crippen molar-refractivity contribution in [1.82, 2.24) is 19.7 Å². The third-order valence-electron chi connectivity index (χ3n) is 7.73. The van der Waals surface area contributed by atoms with Crippen LogP contribution in [0, 0.1) is 29.1 Å². The van der Waals surface area contributed by atoms with Crippen molar-refractivity contribution in [3.63, 3.8) is 0 Å². The molecule has 226 valence electrons. The quantitative estimate of drug-likeness (QED) is 0.166. The van der Waals surface area contributed by atoms with E-state index in [0.717, 1.165) is 12.8 Å². The van der Waals surface area contributed by atoms with E-state index in [2.05, 4.69) is 21.2 Å². The molecule has 7 atom stereocenters. The number of nitrogen functional groups attached to an aromatic ring is 1. The fourth-order valence-corrected chi connectivity index (χ4v) is 6.71. The molecule has 42 heavy (non-hydrogen) atoms. The van der Waals surface area contributed by atoms with E-state index < -0.39 is 56.3 Å². The molecule has 0 bridgehead atoms. The molecule has 0 radical (unpaired) electrons. The molecule has 2 aromatic heterocycles. The summed E-state index contributed by atoms with van der Waals surface area (Å²) in [6, 6.07) is 12.6. The molecule has 0 saturated heterocycles. The fourth-order valence-electron chi connectivity index (χ4n) is 5.18. The van der Waals surface area contributed by atoms with Crippen molar-refractivity contribution < 1.29 is 33.4 Å².